The molecule has 0 aromatic heterocycles. The summed E-state index contributed by atoms with van der Waals surface area (Å²) in [6.07, 6.45) is 8.56. The molecule has 0 radical (unpaired) electrons. The number of methoxy groups -OCH3 is 1. The van der Waals surface area contributed by atoms with Crippen LogP contribution in [0.4, 0.5) is 0 Å². The first-order valence-corrected chi connectivity index (χ1v) is 6.20. The van der Waals surface area contributed by atoms with E-state index < -0.39 is 0 Å². The lowest BCUT2D eigenvalue weighted by Crippen LogP contribution is -2.21. The molecule has 0 aromatic rings. The van der Waals surface area contributed by atoms with E-state index in [-0.39, 0.29) is 17.7 Å². The van der Waals surface area contributed by atoms with Gasteiger partial charge in [0.2, 0.25) is 0 Å². The van der Waals surface area contributed by atoms with E-state index in [4.69, 9.17) is 0 Å². The van der Waals surface area contributed by atoms with E-state index in [0.717, 1.165) is 12.0 Å². The average molecular weight is 232 g/mol. The van der Waals surface area contributed by atoms with E-state index in [1.165, 1.54) is 7.11 Å². The standard InChI is InChI=1S/C14H16O3/c1-17-12(15)5-4-10-7-11-8-2-3-9(6-8)13(11)14(10)16/h2-3,7-9,11,13H,4-6H2,1H3/t8-,9+,11+,13-/m0/s1. The summed E-state index contributed by atoms with van der Waals surface area (Å²) in [5.41, 5.74) is 0.851. The second-order valence-electron chi connectivity index (χ2n) is 5.18. The number of carbonyl (C=O) groups excluding carboxylic acids is 2. The van der Waals surface area contributed by atoms with E-state index in [1.54, 1.807) is 0 Å². The summed E-state index contributed by atoms with van der Waals surface area (Å²) in [7, 11) is 1.38. The zero-order valence-corrected chi connectivity index (χ0v) is 9.89. The molecule has 0 heterocycles. The van der Waals surface area contributed by atoms with Crippen LogP contribution in [-0.4, -0.2) is 18.9 Å². The molecule has 3 rings (SSSR count). The quantitative estimate of drug-likeness (QED) is 0.551. The minimum absolute atomic E-state index is 0.178. The van der Waals surface area contributed by atoms with Crippen LogP contribution in [0.25, 0.3) is 0 Å². The molecule has 0 aromatic carbocycles. The predicted molar refractivity (Wildman–Crippen MR) is 62.1 cm³/mol. The van der Waals surface area contributed by atoms with Crippen LogP contribution in [0.15, 0.2) is 23.8 Å². The number of esters is 1. The lowest BCUT2D eigenvalue weighted by Gasteiger charge is -2.17. The van der Waals surface area contributed by atoms with Gasteiger partial charge in [-0.25, -0.2) is 0 Å². The molecule has 1 fully saturated rings. The van der Waals surface area contributed by atoms with E-state index in [0.29, 0.717) is 30.6 Å². The molecule has 3 heteroatoms. The Balaban J connectivity index is 1.70. The van der Waals surface area contributed by atoms with Gasteiger partial charge in [-0.1, -0.05) is 18.2 Å². The molecule has 4 atom stereocenters. The van der Waals surface area contributed by atoms with Gasteiger partial charge in [0.15, 0.2) is 5.78 Å². The first kappa shape index (κ1) is 10.8. The van der Waals surface area contributed by atoms with Gasteiger partial charge in [0, 0.05) is 12.3 Å². The number of ketones is 1. The van der Waals surface area contributed by atoms with Gasteiger partial charge in [0.05, 0.1) is 7.11 Å². The van der Waals surface area contributed by atoms with Crippen LogP contribution in [-0.2, 0) is 14.3 Å². The topological polar surface area (TPSA) is 43.4 Å². The second kappa shape index (κ2) is 3.83. The Labute approximate surface area is 101 Å². The van der Waals surface area contributed by atoms with Crippen LogP contribution < -0.4 is 0 Å². The van der Waals surface area contributed by atoms with Crippen molar-refractivity contribution in [1.29, 1.82) is 0 Å². The number of ether oxygens (including phenoxy) is 1. The fourth-order valence-corrected chi connectivity index (χ4v) is 3.53. The largest absolute Gasteiger partial charge is 0.469 e. The van der Waals surface area contributed by atoms with Gasteiger partial charge >= 0.3 is 5.97 Å². The molecule has 1 saturated carbocycles. The first-order chi connectivity index (χ1) is 8.20. The van der Waals surface area contributed by atoms with E-state index >= 15 is 0 Å². The summed E-state index contributed by atoms with van der Waals surface area (Å²) in [5, 5.41) is 0. The third kappa shape index (κ3) is 1.56. The average Bonchev–Trinajstić information content (AvgIpc) is 2.99. The van der Waals surface area contributed by atoms with Gasteiger partial charge in [-0.2, -0.15) is 0 Å². The van der Waals surface area contributed by atoms with Crippen molar-refractivity contribution in [3.8, 4) is 0 Å². The number of allylic oxidation sites excluding steroid dienone is 4. The van der Waals surface area contributed by atoms with Crippen molar-refractivity contribution in [3.05, 3.63) is 23.8 Å². The Morgan fingerprint density at radius 1 is 1.41 bits per heavy atom. The van der Waals surface area contributed by atoms with Crippen molar-refractivity contribution in [3.63, 3.8) is 0 Å². The second-order valence-corrected chi connectivity index (χ2v) is 5.18. The van der Waals surface area contributed by atoms with Crippen LogP contribution in [0, 0.1) is 23.7 Å². The van der Waals surface area contributed by atoms with Gasteiger partial charge in [-0.05, 0) is 36.2 Å². The summed E-state index contributed by atoms with van der Waals surface area (Å²) in [4.78, 5) is 23.3. The van der Waals surface area contributed by atoms with Crippen LogP contribution in [0.3, 0.4) is 0 Å². The smallest absolute Gasteiger partial charge is 0.305 e. The molecule has 0 unspecified atom stereocenters. The van der Waals surface area contributed by atoms with Crippen molar-refractivity contribution in [1.82, 2.24) is 0 Å². The van der Waals surface area contributed by atoms with Crippen LogP contribution in [0.2, 0.25) is 0 Å². The fourth-order valence-electron chi connectivity index (χ4n) is 3.53. The first-order valence-electron chi connectivity index (χ1n) is 6.20. The van der Waals surface area contributed by atoms with E-state index in [1.807, 2.05) is 0 Å². The third-order valence-electron chi connectivity index (χ3n) is 4.36. The number of Topliss-reactive ketones (excluding diaryl/α,β-unsaturated/α-hetero) is 1. The Bertz CT molecular complexity index is 433. The Morgan fingerprint density at radius 3 is 2.88 bits per heavy atom. The predicted octanol–water partition coefficient (Wildman–Crippen LogP) is 1.89. The number of rotatable bonds is 3. The van der Waals surface area contributed by atoms with E-state index in [2.05, 4.69) is 23.0 Å². The summed E-state index contributed by atoms with van der Waals surface area (Å²) < 4.78 is 4.60. The highest BCUT2D eigenvalue weighted by Crippen LogP contribution is 2.53. The molecule has 0 saturated heterocycles. The molecule has 3 aliphatic rings. The Morgan fingerprint density at radius 2 is 2.18 bits per heavy atom. The number of hydrogen-bond donors (Lipinski definition) is 0. The zero-order chi connectivity index (χ0) is 12.0. The fraction of sp³-hybridized carbons (Fsp3) is 0.571. The molecule has 0 spiro atoms. The summed E-state index contributed by atoms with van der Waals surface area (Å²) in [5.74, 6) is 1.63. The molecule has 0 N–H and O–H groups in total. The molecule has 3 aliphatic carbocycles. The number of fused-ring (bicyclic) bond motifs is 5. The molecule has 17 heavy (non-hydrogen) atoms. The number of carbonyl (C=O) groups is 2. The molecule has 0 amide bonds. The maximum absolute atomic E-state index is 12.2. The Kier molecular flexibility index (Phi) is 2.42. The third-order valence-corrected chi connectivity index (χ3v) is 4.36. The SMILES string of the molecule is COC(=O)CCC1=C[C@H]2[C@@H](C1=O)[C@@H]1C=C[C@H]2C1. The minimum Gasteiger partial charge on any atom is -0.469 e. The highest BCUT2D eigenvalue weighted by Gasteiger charge is 2.50. The van der Waals surface area contributed by atoms with Crippen molar-refractivity contribution >= 4 is 11.8 Å². The maximum atomic E-state index is 12.2. The van der Waals surface area contributed by atoms with Gasteiger partial charge in [0.25, 0.3) is 0 Å². The van der Waals surface area contributed by atoms with Gasteiger partial charge in [0.1, 0.15) is 0 Å². The zero-order valence-electron chi connectivity index (χ0n) is 9.89. The molecule has 2 bridgehead atoms. The lowest BCUT2D eigenvalue weighted by atomic mass is 9.85. The molecule has 90 valence electrons. The molecule has 3 nitrogen and oxygen atoms in total. The maximum Gasteiger partial charge on any atom is 0.305 e. The minimum atomic E-state index is -0.239. The van der Waals surface area contributed by atoms with Crippen molar-refractivity contribution in [2.75, 3.05) is 7.11 Å². The number of hydrogen-bond acceptors (Lipinski definition) is 3. The monoisotopic (exact) mass is 232 g/mol. The lowest BCUT2D eigenvalue weighted by molar-refractivity contribution is -0.140. The van der Waals surface area contributed by atoms with Crippen molar-refractivity contribution < 1.29 is 14.3 Å². The van der Waals surface area contributed by atoms with Gasteiger partial charge < -0.3 is 4.74 Å². The summed E-state index contributed by atoms with van der Waals surface area (Å²) in [6, 6.07) is 0. The molecule has 0 aliphatic heterocycles. The normalized spacial score (nSPS) is 37.2. The van der Waals surface area contributed by atoms with Crippen molar-refractivity contribution in [2.24, 2.45) is 23.7 Å². The van der Waals surface area contributed by atoms with Crippen molar-refractivity contribution in [2.45, 2.75) is 19.3 Å². The summed E-state index contributed by atoms with van der Waals surface area (Å²) >= 11 is 0. The summed E-state index contributed by atoms with van der Waals surface area (Å²) in [6.45, 7) is 0. The molecular weight excluding hydrogens is 216 g/mol. The highest BCUT2D eigenvalue weighted by atomic mass is 16.5. The Hall–Kier alpha value is -1.38. The van der Waals surface area contributed by atoms with Crippen LogP contribution in [0.1, 0.15) is 19.3 Å². The molecular formula is C14H16O3. The van der Waals surface area contributed by atoms with Gasteiger partial charge in [-0.3, -0.25) is 9.59 Å². The van der Waals surface area contributed by atoms with Crippen LogP contribution >= 0.6 is 0 Å². The van der Waals surface area contributed by atoms with Crippen LogP contribution in [0.5, 0.6) is 0 Å². The van der Waals surface area contributed by atoms with E-state index in [9.17, 15) is 9.59 Å². The van der Waals surface area contributed by atoms with Gasteiger partial charge in [-0.15, -0.1) is 0 Å². The highest BCUT2D eigenvalue weighted by molar-refractivity contribution is 6.01.